The van der Waals surface area contributed by atoms with Crippen molar-refractivity contribution in [2.24, 2.45) is 0 Å². The number of benzene rings is 1. The molecule has 5 nitrogen and oxygen atoms in total. The van der Waals surface area contributed by atoms with Gasteiger partial charge in [-0.1, -0.05) is 23.7 Å². The van der Waals surface area contributed by atoms with Crippen LogP contribution in [0.2, 0.25) is 5.02 Å². The topological polar surface area (TPSA) is 64.6 Å². The Morgan fingerprint density at radius 1 is 1.22 bits per heavy atom. The van der Waals surface area contributed by atoms with E-state index in [0.717, 1.165) is 37.5 Å². The van der Waals surface area contributed by atoms with Crippen molar-refractivity contribution < 1.29 is 9.90 Å². The highest BCUT2D eigenvalue weighted by molar-refractivity contribution is 6.30. The van der Waals surface area contributed by atoms with E-state index in [1.807, 2.05) is 12.1 Å². The third-order valence-corrected chi connectivity index (χ3v) is 4.94. The summed E-state index contributed by atoms with van der Waals surface area (Å²) in [5.74, 6) is 0. The molecule has 0 spiro atoms. The van der Waals surface area contributed by atoms with E-state index in [4.69, 9.17) is 11.6 Å². The highest BCUT2D eigenvalue weighted by Gasteiger charge is 2.32. The van der Waals surface area contributed by atoms with Crippen LogP contribution in [0.3, 0.4) is 0 Å². The maximum atomic E-state index is 12.2. The van der Waals surface area contributed by atoms with Crippen LogP contribution in [-0.4, -0.2) is 47.8 Å². The summed E-state index contributed by atoms with van der Waals surface area (Å²) in [5.41, 5.74) is 0.843. The van der Waals surface area contributed by atoms with Gasteiger partial charge < -0.3 is 20.6 Å². The molecule has 0 bridgehead atoms. The first-order chi connectivity index (χ1) is 11.2. The highest BCUT2D eigenvalue weighted by atomic mass is 35.5. The predicted molar refractivity (Wildman–Crippen MR) is 90.6 cm³/mol. The van der Waals surface area contributed by atoms with Gasteiger partial charge in [-0.15, -0.1) is 0 Å². The molecule has 2 fully saturated rings. The van der Waals surface area contributed by atoms with Crippen LogP contribution in [0, 0.1) is 0 Å². The Balaban J connectivity index is 1.46. The van der Waals surface area contributed by atoms with Gasteiger partial charge in [0, 0.05) is 30.2 Å². The maximum Gasteiger partial charge on any atom is 0.315 e. The van der Waals surface area contributed by atoms with Crippen LogP contribution in [0.15, 0.2) is 24.3 Å². The van der Waals surface area contributed by atoms with Gasteiger partial charge in [0.2, 0.25) is 0 Å². The van der Waals surface area contributed by atoms with Gasteiger partial charge in [-0.25, -0.2) is 4.79 Å². The fourth-order valence-electron chi connectivity index (χ4n) is 3.16. The van der Waals surface area contributed by atoms with Crippen molar-refractivity contribution in [1.29, 1.82) is 0 Å². The summed E-state index contributed by atoms with van der Waals surface area (Å²) in [4.78, 5) is 14.7. The first kappa shape index (κ1) is 16.6. The fraction of sp³-hybridized carbons (Fsp3) is 0.588. The molecule has 1 saturated heterocycles. The SMILES string of the molecule is O=C(NC1CCN(C2CC2)CC1)NC(CO)c1ccc(Cl)cc1. The normalized spacial score (nSPS) is 21.0. The maximum absolute atomic E-state index is 12.2. The molecule has 3 N–H and O–H groups in total. The first-order valence-electron chi connectivity index (χ1n) is 8.33. The van der Waals surface area contributed by atoms with E-state index < -0.39 is 6.04 Å². The van der Waals surface area contributed by atoms with Crippen LogP contribution in [0.5, 0.6) is 0 Å². The standard InChI is InChI=1S/C17H24ClN3O2/c18-13-3-1-12(2-4-13)16(11-22)20-17(23)19-14-7-9-21(10-8-14)15-5-6-15/h1-4,14-16,22H,5-11H2,(H2,19,20,23). The van der Waals surface area contributed by atoms with Crippen molar-refractivity contribution in [3.63, 3.8) is 0 Å². The summed E-state index contributed by atoms with van der Waals surface area (Å²) < 4.78 is 0. The third-order valence-electron chi connectivity index (χ3n) is 4.69. The number of piperidine rings is 1. The largest absolute Gasteiger partial charge is 0.394 e. The predicted octanol–water partition coefficient (Wildman–Crippen LogP) is 2.30. The molecule has 3 rings (SSSR count). The number of nitrogens with one attached hydrogen (secondary N) is 2. The van der Waals surface area contributed by atoms with Crippen LogP contribution >= 0.6 is 11.6 Å². The lowest BCUT2D eigenvalue weighted by atomic mass is 10.0. The van der Waals surface area contributed by atoms with Crippen LogP contribution in [0.1, 0.15) is 37.3 Å². The molecule has 1 aliphatic carbocycles. The molecule has 1 atom stereocenters. The second-order valence-electron chi connectivity index (χ2n) is 6.45. The van der Waals surface area contributed by atoms with Crippen LogP contribution in [-0.2, 0) is 0 Å². The van der Waals surface area contributed by atoms with Crippen molar-refractivity contribution in [2.75, 3.05) is 19.7 Å². The quantitative estimate of drug-likeness (QED) is 0.772. The Labute approximate surface area is 142 Å². The lowest BCUT2D eigenvalue weighted by Crippen LogP contribution is -2.49. The van der Waals surface area contributed by atoms with Crippen LogP contribution in [0.4, 0.5) is 4.79 Å². The van der Waals surface area contributed by atoms with Crippen molar-refractivity contribution in [3.05, 3.63) is 34.9 Å². The smallest absolute Gasteiger partial charge is 0.315 e. The number of rotatable bonds is 5. The number of hydrogen-bond donors (Lipinski definition) is 3. The number of carbonyl (C=O) groups is 1. The number of likely N-dealkylation sites (tertiary alicyclic amines) is 1. The van der Waals surface area contributed by atoms with Crippen molar-refractivity contribution in [1.82, 2.24) is 15.5 Å². The van der Waals surface area contributed by atoms with E-state index in [-0.39, 0.29) is 18.7 Å². The van der Waals surface area contributed by atoms with Gasteiger partial charge in [0.25, 0.3) is 0 Å². The van der Waals surface area contributed by atoms with Gasteiger partial charge in [0.15, 0.2) is 0 Å². The molecule has 2 aliphatic rings. The zero-order valence-electron chi connectivity index (χ0n) is 13.2. The monoisotopic (exact) mass is 337 g/mol. The van der Waals surface area contributed by atoms with Gasteiger partial charge in [-0.3, -0.25) is 0 Å². The summed E-state index contributed by atoms with van der Waals surface area (Å²) in [6.45, 7) is 1.99. The van der Waals surface area contributed by atoms with E-state index >= 15 is 0 Å². The molecule has 23 heavy (non-hydrogen) atoms. The zero-order valence-corrected chi connectivity index (χ0v) is 13.9. The fourth-order valence-corrected chi connectivity index (χ4v) is 3.29. The molecule has 1 saturated carbocycles. The highest BCUT2D eigenvalue weighted by Crippen LogP contribution is 2.29. The molecule has 1 aromatic carbocycles. The van der Waals surface area contributed by atoms with Crippen molar-refractivity contribution >= 4 is 17.6 Å². The molecule has 2 amide bonds. The summed E-state index contributed by atoms with van der Waals surface area (Å²) >= 11 is 5.87. The van der Waals surface area contributed by atoms with E-state index in [1.54, 1.807) is 12.1 Å². The zero-order chi connectivity index (χ0) is 16.2. The Morgan fingerprint density at radius 3 is 2.43 bits per heavy atom. The molecule has 1 aliphatic heterocycles. The summed E-state index contributed by atoms with van der Waals surface area (Å²) in [6, 6.07) is 7.53. The molecule has 0 radical (unpaired) electrons. The van der Waals surface area contributed by atoms with E-state index in [9.17, 15) is 9.90 Å². The molecule has 1 unspecified atom stereocenters. The minimum atomic E-state index is -0.418. The van der Waals surface area contributed by atoms with E-state index in [2.05, 4.69) is 15.5 Å². The number of urea groups is 1. The minimum Gasteiger partial charge on any atom is -0.394 e. The molecule has 6 heteroatoms. The van der Waals surface area contributed by atoms with Crippen LogP contribution < -0.4 is 10.6 Å². The second-order valence-corrected chi connectivity index (χ2v) is 6.88. The number of hydrogen-bond acceptors (Lipinski definition) is 3. The number of nitrogens with zero attached hydrogens (tertiary/aromatic N) is 1. The first-order valence-corrected chi connectivity index (χ1v) is 8.71. The Morgan fingerprint density at radius 2 is 1.87 bits per heavy atom. The lowest BCUT2D eigenvalue weighted by molar-refractivity contribution is 0.181. The van der Waals surface area contributed by atoms with Crippen molar-refractivity contribution in [2.45, 2.75) is 43.8 Å². The number of halogens is 1. The van der Waals surface area contributed by atoms with E-state index in [1.165, 1.54) is 12.8 Å². The summed E-state index contributed by atoms with van der Waals surface area (Å²) in [5, 5.41) is 16.0. The number of amides is 2. The van der Waals surface area contributed by atoms with Gasteiger partial charge in [0.05, 0.1) is 12.6 Å². The van der Waals surface area contributed by atoms with Gasteiger partial charge in [-0.2, -0.15) is 0 Å². The average molecular weight is 338 g/mol. The Hall–Kier alpha value is -1.30. The molecule has 1 heterocycles. The van der Waals surface area contributed by atoms with Crippen molar-refractivity contribution in [3.8, 4) is 0 Å². The van der Waals surface area contributed by atoms with Crippen LogP contribution in [0.25, 0.3) is 0 Å². The molecular formula is C17H24ClN3O2. The Kier molecular flexibility index (Phi) is 5.41. The summed E-state index contributed by atoms with van der Waals surface area (Å²) in [7, 11) is 0. The third kappa shape index (κ3) is 4.59. The lowest BCUT2D eigenvalue weighted by Gasteiger charge is -2.32. The van der Waals surface area contributed by atoms with Gasteiger partial charge >= 0.3 is 6.03 Å². The molecule has 126 valence electrons. The number of aliphatic hydroxyl groups is 1. The molecule has 0 aromatic heterocycles. The molecule has 1 aromatic rings. The number of carbonyl (C=O) groups excluding carboxylic acids is 1. The summed E-state index contributed by atoms with van der Waals surface area (Å²) in [6.07, 6.45) is 4.65. The average Bonchev–Trinajstić information content (AvgIpc) is 3.39. The molecular weight excluding hydrogens is 314 g/mol. The minimum absolute atomic E-state index is 0.144. The van der Waals surface area contributed by atoms with Gasteiger partial charge in [-0.05, 0) is 43.4 Å². The van der Waals surface area contributed by atoms with Gasteiger partial charge in [0.1, 0.15) is 0 Å². The number of aliphatic hydroxyl groups excluding tert-OH is 1. The second kappa shape index (κ2) is 7.51. The Bertz CT molecular complexity index is 525. The van der Waals surface area contributed by atoms with E-state index in [0.29, 0.717) is 5.02 Å².